The standard InChI is InChI=1S/C6H15NO3/c1-2-3-10-7-4-6(9)5-8/h6-9H,2-5H2,1H3/t6-/m0/s1. The van der Waals surface area contributed by atoms with Gasteiger partial charge >= 0.3 is 0 Å². The lowest BCUT2D eigenvalue weighted by molar-refractivity contribution is 0.000743. The fraction of sp³-hybridized carbons (Fsp3) is 1.00. The molecule has 0 aliphatic heterocycles. The average Bonchev–Trinajstić information content (AvgIpc) is 1.98. The van der Waals surface area contributed by atoms with Crippen LogP contribution in [-0.2, 0) is 4.84 Å². The van der Waals surface area contributed by atoms with E-state index in [9.17, 15) is 0 Å². The first-order valence-electron chi connectivity index (χ1n) is 3.44. The van der Waals surface area contributed by atoms with E-state index in [0.717, 1.165) is 6.42 Å². The Hall–Kier alpha value is -0.160. The normalized spacial score (nSPS) is 13.5. The minimum absolute atomic E-state index is 0.234. The highest BCUT2D eigenvalue weighted by Crippen LogP contribution is 1.78. The van der Waals surface area contributed by atoms with Crippen molar-refractivity contribution >= 4 is 0 Å². The molecule has 10 heavy (non-hydrogen) atoms. The van der Waals surface area contributed by atoms with E-state index in [2.05, 4.69) is 5.48 Å². The summed E-state index contributed by atoms with van der Waals surface area (Å²) in [5, 5.41) is 17.1. The molecule has 0 bridgehead atoms. The van der Waals surface area contributed by atoms with Gasteiger partial charge in [-0.05, 0) is 6.42 Å². The predicted molar refractivity (Wildman–Crippen MR) is 37.3 cm³/mol. The van der Waals surface area contributed by atoms with Crippen molar-refractivity contribution < 1.29 is 15.1 Å². The quantitative estimate of drug-likeness (QED) is 0.344. The maximum absolute atomic E-state index is 8.76. The zero-order chi connectivity index (χ0) is 7.82. The lowest BCUT2D eigenvalue weighted by Gasteiger charge is -2.07. The van der Waals surface area contributed by atoms with Crippen molar-refractivity contribution in [2.45, 2.75) is 19.4 Å². The first kappa shape index (κ1) is 9.84. The number of hydrogen-bond donors (Lipinski definition) is 3. The van der Waals surface area contributed by atoms with Crippen molar-refractivity contribution in [3.63, 3.8) is 0 Å². The van der Waals surface area contributed by atoms with Crippen molar-refractivity contribution in [3.05, 3.63) is 0 Å². The molecule has 0 unspecified atom stereocenters. The van der Waals surface area contributed by atoms with Gasteiger partial charge in [0.05, 0.1) is 19.3 Å². The highest BCUT2D eigenvalue weighted by Gasteiger charge is 1.98. The molecule has 0 heterocycles. The first-order valence-corrected chi connectivity index (χ1v) is 3.44. The molecular weight excluding hydrogens is 134 g/mol. The lowest BCUT2D eigenvalue weighted by Crippen LogP contribution is -2.29. The molecule has 0 aromatic carbocycles. The van der Waals surface area contributed by atoms with Crippen LogP contribution < -0.4 is 5.48 Å². The summed E-state index contributed by atoms with van der Waals surface area (Å²) in [6.07, 6.45) is 0.208. The largest absolute Gasteiger partial charge is 0.394 e. The van der Waals surface area contributed by atoms with Crippen LogP contribution in [0.4, 0.5) is 0 Å². The molecule has 0 aromatic heterocycles. The van der Waals surface area contributed by atoms with Crippen LogP contribution in [0.5, 0.6) is 0 Å². The molecule has 0 fully saturated rings. The highest BCUT2D eigenvalue weighted by atomic mass is 16.6. The Balaban J connectivity index is 2.89. The first-order chi connectivity index (χ1) is 4.81. The molecule has 0 radical (unpaired) electrons. The Morgan fingerprint density at radius 3 is 2.80 bits per heavy atom. The third kappa shape index (κ3) is 5.97. The third-order valence-corrected chi connectivity index (χ3v) is 0.938. The van der Waals surface area contributed by atoms with Gasteiger partial charge in [0, 0.05) is 6.54 Å². The summed E-state index contributed by atoms with van der Waals surface area (Å²) >= 11 is 0. The Morgan fingerprint density at radius 1 is 1.60 bits per heavy atom. The number of hydrogen-bond acceptors (Lipinski definition) is 4. The molecule has 0 rings (SSSR count). The second-order valence-corrected chi connectivity index (χ2v) is 2.03. The summed E-state index contributed by atoms with van der Waals surface area (Å²) in [6, 6.07) is 0. The maximum Gasteiger partial charge on any atom is 0.0918 e. The van der Waals surface area contributed by atoms with Gasteiger partial charge < -0.3 is 15.1 Å². The second-order valence-electron chi connectivity index (χ2n) is 2.03. The Labute approximate surface area is 60.8 Å². The molecule has 0 saturated heterocycles. The average molecular weight is 149 g/mol. The van der Waals surface area contributed by atoms with Crippen molar-refractivity contribution in [2.75, 3.05) is 19.8 Å². The number of aliphatic hydroxyl groups excluding tert-OH is 2. The van der Waals surface area contributed by atoms with E-state index in [4.69, 9.17) is 15.1 Å². The van der Waals surface area contributed by atoms with E-state index in [1.807, 2.05) is 6.92 Å². The van der Waals surface area contributed by atoms with Crippen LogP contribution in [-0.4, -0.2) is 36.1 Å². The molecule has 3 N–H and O–H groups in total. The summed E-state index contributed by atoms with van der Waals surface area (Å²) in [6.45, 7) is 2.65. The van der Waals surface area contributed by atoms with Crippen molar-refractivity contribution in [1.29, 1.82) is 0 Å². The molecule has 0 aliphatic carbocycles. The number of aliphatic hydroxyl groups is 2. The monoisotopic (exact) mass is 149 g/mol. The third-order valence-electron chi connectivity index (χ3n) is 0.938. The number of rotatable bonds is 6. The van der Waals surface area contributed by atoms with Crippen LogP contribution in [0.2, 0.25) is 0 Å². The van der Waals surface area contributed by atoms with E-state index in [-0.39, 0.29) is 13.2 Å². The molecule has 4 heteroatoms. The van der Waals surface area contributed by atoms with Crippen LogP contribution in [0.3, 0.4) is 0 Å². The highest BCUT2D eigenvalue weighted by molar-refractivity contribution is 4.50. The Kier molecular flexibility index (Phi) is 6.84. The summed E-state index contributed by atoms with van der Waals surface area (Å²) in [5.74, 6) is 0. The summed E-state index contributed by atoms with van der Waals surface area (Å²) in [5.41, 5.74) is 2.53. The van der Waals surface area contributed by atoms with Gasteiger partial charge in [-0.2, -0.15) is 5.48 Å². The molecule has 0 aromatic rings. The smallest absolute Gasteiger partial charge is 0.0918 e. The minimum atomic E-state index is -0.725. The van der Waals surface area contributed by atoms with E-state index in [1.165, 1.54) is 0 Å². The topological polar surface area (TPSA) is 61.7 Å². The van der Waals surface area contributed by atoms with Crippen LogP contribution in [0.25, 0.3) is 0 Å². The molecule has 62 valence electrons. The van der Waals surface area contributed by atoms with Crippen LogP contribution in [0.15, 0.2) is 0 Å². The van der Waals surface area contributed by atoms with E-state index in [0.29, 0.717) is 6.61 Å². The van der Waals surface area contributed by atoms with Gasteiger partial charge in [0.15, 0.2) is 0 Å². The van der Waals surface area contributed by atoms with Crippen molar-refractivity contribution in [1.82, 2.24) is 5.48 Å². The lowest BCUT2D eigenvalue weighted by atomic mass is 10.4. The molecule has 0 amide bonds. The Morgan fingerprint density at radius 2 is 2.30 bits per heavy atom. The molecule has 1 atom stereocenters. The van der Waals surface area contributed by atoms with Gasteiger partial charge in [-0.3, -0.25) is 0 Å². The Bertz CT molecular complexity index is 70.0. The van der Waals surface area contributed by atoms with Gasteiger partial charge in [0.1, 0.15) is 0 Å². The summed E-state index contributed by atoms with van der Waals surface area (Å²) in [7, 11) is 0. The molecule has 0 saturated carbocycles. The van der Waals surface area contributed by atoms with E-state index in [1.54, 1.807) is 0 Å². The van der Waals surface area contributed by atoms with E-state index < -0.39 is 6.10 Å². The summed E-state index contributed by atoms with van der Waals surface area (Å²) < 4.78 is 0. The minimum Gasteiger partial charge on any atom is -0.394 e. The molecule has 0 spiro atoms. The molecule has 4 nitrogen and oxygen atoms in total. The van der Waals surface area contributed by atoms with Gasteiger partial charge in [0.25, 0.3) is 0 Å². The van der Waals surface area contributed by atoms with Crippen LogP contribution in [0, 0.1) is 0 Å². The maximum atomic E-state index is 8.76. The fourth-order valence-corrected chi connectivity index (χ4v) is 0.394. The SMILES string of the molecule is CCCONC[C@H](O)CO. The van der Waals surface area contributed by atoms with Gasteiger partial charge in [-0.25, -0.2) is 0 Å². The number of hydroxylamine groups is 1. The van der Waals surface area contributed by atoms with Gasteiger partial charge in [-0.15, -0.1) is 0 Å². The van der Waals surface area contributed by atoms with E-state index >= 15 is 0 Å². The fourth-order valence-electron chi connectivity index (χ4n) is 0.394. The summed E-state index contributed by atoms with van der Waals surface area (Å²) in [4.78, 5) is 4.83. The molecular formula is C6H15NO3. The number of nitrogens with one attached hydrogen (secondary N) is 1. The predicted octanol–water partition coefficient (Wildman–Crippen LogP) is -0.729. The van der Waals surface area contributed by atoms with Crippen molar-refractivity contribution in [2.24, 2.45) is 0 Å². The molecule has 0 aliphatic rings. The van der Waals surface area contributed by atoms with Crippen LogP contribution in [0.1, 0.15) is 13.3 Å². The zero-order valence-corrected chi connectivity index (χ0v) is 6.21. The van der Waals surface area contributed by atoms with Gasteiger partial charge in [0.2, 0.25) is 0 Å². The van der Waals surface area contributed by atoms with Gasteiger partial charge in [-0.1, -0.05) is 6.92 Å². The van der Waals surface area contributed by atoms with Crippen LogP contribution >= 0.6 is 0 Å². The zero-order valence-electron chi connectivity index (χ0n) is 6.21. The van der Waals surface area contributed by atoms with Crippen molar-refractivity contribution in [3.8, 4) is 0 Å². The second kappa shape index (κ2) is 6.95.